The van der Waals surface area contributed by atoms with Gasteiger partial charge in [-0.2, -0.15) is 5.10 Å². The van der Waals surface area contributed by atoms with Gasteiger partial charge in [0.1, 0.15) is 6.33 Å². The molecule has 1 aromatic carbocycles. The van der Waals surface area contributed by atoms with E-state index in [1.165, 1.54) is 11.9 Å². The molecule has 7 heteroatoms. The Kier molecular flexibility index (Phi) is 4.10. The molecule has 0 aliphatic carbocycles. The first-order valence-electron chi connectivity index (χ1n) is 9.27. The third kappa shape index (κ3) is 3.20. The third-order valence-electron chi connectivity index (χ3n) is 5.46. The van der Waals surface area contributed by atoms with Gasteiger partial charge in [0.2, 0.25) is 0 Å². The minimum atomic E-state index is -0.0715. The Morgan fingerprint density at radius 2 is 2.04 bits per heavy atom. The van der Waals surface area contributed by atoms with Crippen molar-refractivity contribution < 1.29 is 9.53 Å². The van der Waals surface area contributed by atoms with Crippen molar-refractivity contribution in [1.29, 1.82) is 0 Å². The van der Waals surface area contributed by atoms with Crippen LogP contribution in [0.4, 0.5) is 0 Å². The number of fused-ring (bicyclic) bond motifs is 2. The van der Waals surface area contributed by atoms with E-state index in [9.17, 15) is 4.79 Å². The second kappa shape index (κ2) is 6.75. The molecule has 2 aliphatic heterocycles. The van der Waals surface area contributed by atoms with Gasteiger partial charge in [-0.3, -0.25) is 9.69 Å². The van der Waals surface area contributed by atoms with Crippen molar-refractivity contribution in [2.24, 2.45) is 0 Å². The van der Waals surface area contributed by atoms with Crippen LogP contribution in [0.5, 0.6) is 0 Å². The van der Waals surface area contributed by atoms with Crippen LogP contribution in [0.2, 0.25) is 0 Å². The number of aromatic nitrogens is 3. The summed E-state index contributed by atoms with van der Waals surface area (Å²) in [4.78, 5) is 19.2. The van der Waals surface area contributed by atoms with Crippen molar-refractivity contribution in [3.05, 3.63) is 66.1 Å². The third-order valence-corrected chi connectivity index (χ3v) is 5.46. The highest BCUT2D eigenvalue weighted by molar-refractivity contribution is 5.94. The van der Waals surface area contributed by atoms with E-state index >= 15 is 0 Å². The Morgan fingerprint density at radius 3 is 2.93 bits per heavy atom. The average molecular weight is 363 g/mol. The summed E-state index contributed by atoms with van der Waals surface area (Å²) in [6.45, 7) is 2.43. The number of hydrogen-bond acceptors (Lipinski definition) is 5. The Hall–Kier alpha value is -2.77. The molecule has 138 valence electrons. The van der Waals surface area contributed by atoms with Gasteiger partial charge in [-0.05, 0) is 24.1 Å². The molecule has 0 saturated carbocycles. The normalized spacial score (nSPS) is 25.4. The van der Waals surface area contributed by atoms with E-state index in [4.69, 9.17) is 4.74 Å². The number of pyridine rings is 1. The minimum Gasteiger partial charge on any atom is -0.371 e. The molecule has 1 amide bonds. The second-order valence-electron chi connectivity index (χ2n) is 7.23. The highest BCUT2D eigenvalue weighted by Gasteiger charge is 2.38. The molecule has 2 saturated heterocycles. The summed E-state index contributed by atoms with van der Waals surface area (Å²) < 4.78 is 7.70. The Morgan fingerprint density at radius 1 is 1.15 bits per heavy atom. The summed E-state index contributed by atoms with van der Waals surface area (Å²) >= 11 is 0. The van der Waals surface area contributed by atoms with Gasteiger partial charge in [0.25, 0.3) is 5.91 Å². The van der Waals surface area contributed by atoms with Crippen LogP contribution in [0.3, 0.4) is 0 Å². The van der Waals surface area contributed by atoms with Crippen molar-refractivity contribution in [2.75, 3.05) is 19.7 Å². The average Bonchev–Trinajstić information content (AvgIpc) is 3.33. The molecule has 2 aromatic heterocycles. The van der Waals surface area contributed by atoms with Crippen LogP contribution in [-0.4, -0.2) is 57.2 Å². The number of benzene rings is 1. The summed E-state index contributed by atoms with van der Waals surface area (Å²) in [6.07, 6.45) is 4.22. The first-order valence-corrected chi connectivity index (χ1v) is 9.27. The van der Waals surface area contributed by atoms with E-state index < -0.39 is 0 Å². The zero-order valence-corrected chi connectivity index (χ0v) is 14.9. The van der Waals surface area contributed by atoms with E-state index in [-0.39, 0.29) is 18.1 Å². The summed E-state index contributed by atoms with van der Waals surface area (Å²) in [7, 11) is 0. The molecule has 2 fully saturated rings. The molecule has 5 rings (SSSR count). The molecule has 0 spiro atoms. The number of ether oxygens (including phenoxy) is 1. The largest absolute Gasteiger partial charge is 0.371 e. The number of amides is 1. The van der Waals surface area contributed by atoms with Gasteiger partial charge in [-0.1, -0.05) is 30.3 Å². The van der Waals surface area contributed by atoms with E-state index in [0.29, 0.717) is 18.2 Å². The van der Waals surface area contributed by atoms with E-state index in [1.807, 2.05) is 18.2 Å². The summed E-state index contributed by atoms with van der Waals surface area (Å²) in [5, 5.41) is 7.26. The molecular weight excluding hydrogens is 342 g/mol. The van der Waals surface area contributed by atoms with E-state index in [0.717, 1.165) is 25.2 Å². The van der Waals surface area contributed by atoms with E-state index in [2.05, 4.69) is 32.4 Å². The maximum absolute atomic E-state index is 12.6. The van der Waals surface area contributed by atoms with Gasteiger partial charge in [-0.25, -0.2) is 9.50 Å². The molecule has 4 heterocycles. The topological polar surface area (TPSA) is 71.8 Å². The quantitative estimate of drug-likeness (QED) is 0.767. The monoisotopic (exact) mass is 363 g/mol. The number of morpholine rings is 1. The van der Waals surface area contributed by atoms with Gasteiger partial charge in [0.15, 0.2) is 5.65 Å². The predicted molar refractivity (Wildman–Crippen MR) is 99.4 cm³/mol. The van der Waals surface area contributed by atoms with Gasteiger partial charge >= 0.3 is 0 Å². The van der Waals surface area contributed by atoms with Crippen LogP contribution in [-0.2, 0) is 4.74 Å². The Bertz CT molecular complexity index is 957. The first-order chi connectivity index (χ1) is 13.3. The molecule has 0 bridgehead atoms. The Balaban J connectivity index is 1.23. The van der Waals surface area contributed by atoms with Gasteiger partial charge < -0.3 is 10.1 Å². The Labute approximate surface area is 157 Å². The molecular formula is C20H21N5O2. The first kappa shape index (κ1) is 16.4. The molecule has 1 N–H and O–H groups in total. The van der Waals surface area contributed by atoms with Crippen molar-refractivity contribution >= 4 is 11.6 Å². The van der Waals surface area contributed by atoms with Crippen molar-refractivity contribution in [1.82, 2.24) is 24.8 Å². The smallest absolute Gasteiger partial charge is 0.253 e. The van der Waals surface area contributed by atoms with Crippen LogP contribution in [0.25, 0.3) is 5.65 Å². The van der Waals surface area contributed by atoms with Crippen LogP contribution in [0.15, 0.2) is 55.0 Å². The second-order valence-corrected chi connectivity index (χ2v) is 7.23. The van der Waals surface area contributed by atoms with Crippen LogP contribution in [0.1, 0.15) is 28.4 Å². The fraction of sp³-hybridized carbons (Fsp3) is 0.350. The molecule has 3 atom stereocenters. The number of carbonyl (C=O) groups excluding carboxylic acids is 1. The lowest BCUT2D eigenvalue weighted by Gasteiger charge is -2.35. The maximum atomic E-state index is 12.6. The molecule has 27 heavy (non-hydrogen) atoms. The van der Waals surface area contributed by atoms with Gasteiger partial charge in [0.05, 0.1) is 18.3 Å². The zero-order valence-electron chi connectivity index (χ0n) is 14.9. The number of nitrogens with zero attached hydrogens (tertiary/aromatic N) is 4. The molecule has 2 aliphatic rings. The fourth-order valence-electron chi connectivity index (χ4n) is 4.07. The molecule has 3 aromatic rings. The van der Waals surface area contributed by atoms with Crippen LogP contribution >= 0.6 is 0 Å². The van der Waals surface area contributed by atoms with Crippen LogP contribution in [0, 0.1) is 0 Å². The number of carbonyl (C=O) groups is 1. The van der Waals surface area contributed by atoms with Crippen LogP contribution < -0.4 is 5.32 Å². The predicted octanol–water partition coefficient (Wildman–Crippen LogP) is 1.67. The van der Waals surface area contributed by atoms with E-state index in [1.54, 1.807) is 22.8 Å². The number of rotatable bonds is 3. The molecule has 7 nitrogen and oxygen atoms in total. The summed E-state index contributed by atoms with van der Waals surface area (Å²) in [6, 6.07) is 14.4. The summed E-state index contributed by atoms with van der Waals surface area (Å²) in [5.41, 5.74) is 2.54. The van der Waals surface area contributed by atoms with Crippen molar-refractivity contribution in [3.8, 4) is 0 Å². The van der Waals surface area contributed by atoms with Gasteiger partial charge in [0, 0.05) is 31.4 Å². The highest BCUT2D eigenvalue weighted by atomic mass is 16.5. The van der Waals surface area contributed by atoms with Crippen molar-refractivity contribution in [2.45, 2.75) is 24.6 Å². The minimum absolute atomic E-state index is 0.0715. The number of nitrogens with one attached hydrogen (secondary N) is 1. The van der Waals surface area contributed by atoms with Crippen molar-refractivity contribution in [3.63, 3.8) is 0 Å². The lowest BCUT2D eigenvalue weighted by atomic mass is 10.1. The maximum Gasteiger partial charge on any atom is 0.253 e. The standard InChI is InChI=1S/C20H21N5O2/c26-20(15-6-7-19-21-13-22-25(19)9-15)23-16-8-17-12-27-18(11-24(17)10-16)14-4-2-1-3-5-14/h1-7,9,13,16-18H,8,10-12H2,(H,23,26)/t16-,17+,18-/m1/s1. The fourth-order valence-corrected chi connectivity index (χ4v) is 4.07. The number of hydrogen-bond donors (Lipinski definition) is 1. The SMILES string of the molecule is O=C(N[C@@H]1C[C@H]2CO[C@@H](c3ccccc3)CN2C1)c1ccc2ncnn2c1. The molecule has 0 radical (unpaired) electrons. The zero-order chi connectivity index (χ0) is 18.2. The van der Waals surface area contributed by atoms with Gasteiger partial charge in [-0.15, -0.1) is 0 Å². The lowest BCUT2D eigenvalue weighted by Crippen LogP contribution is -2.43. The molecule has 0 unspecified atom stereocenters. The summed E-state index contributed by atoms with van der Waals surface area (Å²) in [5.74, 6) is -0.0715. The highest BCUT2D eigenvalue weighted by Crippen LogP contribution is 2.30. The lowest BCUT2D eigenvalue weighted by molar-refractivity contribution is -0.0502.